The number of aromatic nitrogens is 2. The van der Waals surface area contributed by atoms with Crippen LogP contribution >= 0.6 is 0 Å². The van der Waals surface area contributed by atoms with Gasteiger partial charge in [0.15, 0.2) is 0 Å². The summed E-state index contributed by atoms with van der Waals surface area (Å²) in [5.74, 6) is 0.826. The lowest BCUT2D eigenvalue weighted by Crippen LogP contribution is -2.44. The van der Waals surface area contributed by atoms with Crippen molar-refractivity contribution in [2.45, 2.75) is 64.6 Å². The van der Waals surface area contributed by atoms with Gasteiger partial charge in [0.05, 0.1) is 17.8 Å². The molecule has 0 radical (unpaired) electrons. The highest BCUT2D eigenvalue weighted by Crippen LogP contribution is 2.41. The number of hydrogen-bond acceptors (Lipinski definition) is 4. The molecule has 0 unspecified atom stereocenters. The van der Waals surface area contributed by atoms with Gasteiger partial charge in [-0.25, -0.2) is 9.78 Å². The van der Waals surface area contributed by atoms with Gasteiger partial charge in [-0.3, -0.25) is 14.2 Å². The van der Waals surface area contributed by atoms with Crippen LogP contribution in [-0.2, 0) is 29.7 Å². The van der Waals surface area contributed by atoms with E-state index in [2.05, 4.69) is 5.32 Å². The first-order chi connectivity index (χ1) is 12.8. The van der Waals surface area contributed by atoms with Crippen LogP contribution < -0.4 is 10.9 Å². The lowest BCUT2D eigenvalue weighted by Gasteiger charge is -2.29. The Balaban J connectivity index is 1.64. The van der Waals surface area contributed by atoms with Crippen molar-refractivity contribution in [3.05, 3.63) is 27.4 Å². The molecule has 0 aliphatic carbocycles. The molecule has 27 heavy (non-hydrogen) atoms. The fraction of sp³-hybridized carbons (Fsp3) is 0.684. The van der Waals surface area contributed by atoms with Crippen molar-refractivity contribution in [2.24, 2.45) is 0 Å². The van der Waals surface area contributed by atoms with Crippen LogP contribution in [0.15, 0.2) is 4.79 Å². The van der Waals surface area contributed by atoms with Gasteiger partial charge in [-0.05, 0) is 26.7 Å². The number of carbonyl (C=O) groups is 2. The van der Waals surface area contributed by atoms with Crippen LogP contribution in [0.2, 0.25) is 0 Å². The van der Waals surface area contributed by atoms with E-state index in [0.29, 0.717) is 44.7 Å². The maximum Gasteiger partial charge on any atom is 0.317 e. The number of likely N-dealkylation sites (tertiary alicyclic amines) is 1. The Hall–Kier alpha value is -2.38. The summed E-state index contributed by atoms with van der Waals surface area (Å²) < 4.78 is 1.78. The second-order valence-electron chi connectivity index (χ2n) is 8.31. The highest BCUT2D eigenvalue weighted by atomic mass is 16.2. The van der Waals surface area contributed by atoms with Gasteiger partial charge < -0.3 is 15.1 Å². The van der Waals surface area contributed by atoms with Crippen LogP contribution in [0, 0.1) is 0 Å². The summed E-state index contributed by atoms with van der Waals surface area (Å²) in [6, 6.07) is 0.0552. The minimum Gasteiger partial charge on any atom is -0.338 e. The predicted octanol–water partition coefficient (Wildman–Crippen LogP) is 0.613. The Bertz CT molecular complexity index is 862. The monoisotopic (exact) mass is 373 g/mol. The van der Waals surface area contributed by atoms with Crippen molar-refractivity contribution in [2.75, 3.05) is 19.6 Å². The van der Waals surface area contributed by atoms with Crippen LogP contribution in [-0.4, -0.2) is 57.0 Å². The average molecular weight is 373 g/mol. The zero-order chi connectivity index (χ0) is 19.3. The number of nitrogens with zero attached hydrogens (tertiary/aromatic N) is 4. The third-order valence-electron chi connectivity index (χ3n) is 6.10. The summed E-state index contributed by atoms with van der Waals surface area (Å²) in [6.45, 7) is 8.32. The zero-order valence-corrected chi connectivity index (χ0v) is 16.2. The highest BCUT2D eigenvalue weighted by Gasteiger charge is 2.48. The van der Waals surface area contributed by atoms with Gasteiger partial charge >= 0.3 is 6.03 Å². The largest absolute Gasteiger partial charge is 0.338 e. The lowest BCUT2D eigenvalue weighted by molar-refractivity contribution is -0.129. The summed E-state index contributed by atoms with van der Waals surface area (Å²) in [5.41, 5.74) is 1.25. The molecule has 1 saturated heterocycles. The van der Waals surface area contributed by atoms with Crippen LogP contribution in [0.4, 0.5) is 4.79 Å². The first-order valence-electron chi connectivity index (χ1n) is 9.75. The van der Waals surface area contributed by atoms with Crippen LogP contribution in [0.5, 0.6) is 0 Å². The predicted molar refractivity (Wildman–Crippen MR) is 99.4 cm³/mol. The molecule has 8 heteroatoms. The summed E-state index contributed by atoms with van der Waals surface area (Å²) in [7, 11) is 0. The molecular formula is C19H27N5O3. The normalized spacial score (nSPS) is 23.7. The third kappa shape index (κ3) is 2.91. The number of rotatable bonds is 1. The van der Waals surface area contributed by atoms with Gasteiger partial charge in [-0.15, -0.1) is 0 Å². The molecule has 1 atom stereocenters. The molecule has 1 aromatic rings. The second kappa shape index (κ2) is 6.35. The smallest absolute Gasteiger partial charge is 0.317 e. The molecule has 146 valence electrons. The van der Waals surface area contributed by atoms with Gasteiger partial charge in [-0.2, -0.15) is 0 Å². The van der Waals surface area contributed by atoms with E-state index in [4.69, 9.17) is 4.98 Å². The molecule has 4 heterocycles. The number of amides is 3. The van der Waals surface area contributed by atoms with E-state index >= 15 is 0 Å². The molecule has 0 aromatic carbocycles. The third-order valence-corrected chi connectivity index (χ3v) is 6.10. The van der Waals surface area contributed by atoms with E-state index in [1.807, 2.05) is 18.7 Å². The molecule has 1 spiro atoms. The van der Waals surface area contributed by atoms with Gasteiger partial charge in [-0.1, -0.05) is 0 Å². The van der Waals surface area contributed by atoms with Gasteiger partial charge in [0.25, 0.3) is 5.56 Å². The number of nitrogens with one attached hydrogen (secondary N) is 1. The zero-order valence-electron chi connectivity index (χ0n) is 16.2. The highest BCUT2D eigenvalue weighted by molar-refractivity contribution is 5.75. The van der Waals surface area contributed by atoms with Gasteiger partial charge in [0.1, 0.15) is 5.82 Å². The van der Waals surface area contributed by atoms with E-state index in [1.54, 1.807) is 9.47 Å². The van der Waals surface area contributed by atoms with Crippen molar-refractivity contribution in [1.29, 1.82) is 0 Å². The van der Waals surface area contributed by atoms with Crippen LogP contribution in [0.3, 0.4) is 0 Å². The molecular weight excluding hydrogens is 346 g/mol. The Morgan fingerprint density at radius 3 is 2.59 bits per heavy atom. The SMILES string of the molecule is CC(=O)N1CCc2nc3n(c(=O)c2C1)CC[C@]31CCN(C(=O)NC(C)C)C1. The minimum atomic E-state index is -0.222. The van der Waals surface area contributed by atoms with Crippen molar-refractivity contribution >= 4 is 11.9 Å². The maximum absolute atomic E-state index is 13.1. The van der Waals surface area contributed by atoms with Crippen molar-refractivity contribution in [3.63, 3.8) is 0 Å². The van der Waals surface area contributed by atoms with E-state index in [1.165, 1.54) is 6.92 Å². The fourth-order valence-electron chi connectivity index (χ4n) is 4.60. The minimum absolute atomic E-state index is 0.00961. The van der Waals surface area contributed by atoms with Crippen molar-refractivity contribution in [1.82, 2.24) is 24.7 Å². The molecule has 1 N–H and O–H groups in total. The summed E-state index contributed by atoms with van der Waals surface area (Å²) in [5, 5.41) is 2.95. The topological polar surface area (TPSA) is 87.5 Å². The number of fused-ring (bicyclic) bond motifs is 3. The summed E-state index contributed by atoms with van der Waals surface area (Å²) in [4.78, 5) is 45.6. The van der Waals surface area contributed by atoms with Crippen molar-refractivity contribution < 1.29 is 9.59 Å². The Morgan fingerprint density at radius 2 is 1.89 bits per heavy atom. The molecule has 1 aromatic heterocycles. The van der Waals surface area contributed by atoms with Gasteiger partial charge in [0, 0.05) is 51.0 Å². The van der Waals surface area contributed by atoms with Crippen LogP contribution in [0.1, 0.15) is 50.7 Å². The Labute approximate surface area is 158 Å². The molecule has 0 saturated carbocycles. The summed E-state index contributed by atoms with van der Waals surface area (Å²) in [6.07, 6.45) is 2.29. The van der Waals surface area contributed by atoms with E-state index < -0.39 is 0 Å². The molecule has 8 nitrogen and oxygen atoms in total. The second-order valence-corrected chi connectivity index (χ2v) is 8.31. The number of carbonyl (C=O) groups excluding carboxylic acids is 2. The number of hydrogen-bond donors (Lipinski definition) is 1. The first kappa shape index (κ1) is 18.0. The number of urea groups is 1. The maximum atomic E-state index is 13.1. The Morgan fingerprint density at radius 1 is 1.15 bits per heavy atom. The fourth-order valence-corrected chi connectivity index (χ4v) is 4.60. The van der Waals surface area contributed by atoms with Crippen LogP contribution in [0.25, 0.3) is 0 Å². The quantitative estimate of drug-likeness (QED) is 0.781. The average Bonchev–Trinajstić information content (AvgIpc) is 3.20. The standard InChI is InChI=1S/C19H27N5O3/c1-12(2)20-18(27)23-8-5-19(11-23)6-9-24-16(26)14-10-22(13(3)25)7-4-15(14)21-17(19)24/h12H,4-11H2,1-3H3,(H,20,27)/t19-/m0/s1. The summed E-state index contributed by atoms with van der Waals surface area (Å²) >= 11 is 0. The molecule has 4 rings (SSSR count). The van der Waals surface area contributed by atoms with E-state index in [0.717, 1.165) is 24.4 Å². The van der Waals surface area contributed by atoms with E-state index in [9.17, 15) is 14.4 Å². The van der Waals surface area contributed by atoms with Gasteiger partial charge in [0.2, 0.25) is 5.91 Å². The lowest BCUT2D eigenvalue weighted by atomic mass is 9.85. The molecule has 3 aliphatic heterocycles. The molecule has 3 aliphatic rings. The molecule has 1 fully saturated rings. The Kier molecular flexibility index (Phi) is 4.24. The first-order valence-corrected chi connectivity index (χ1v) is 9.75. The van der Waals surface area contributed by atoms with E-state index in [-0.39, 0.29) is 29.0 Å². The van der Waals surface area contributed by atoms with Crippen molar-refractivity contribution in [3.8, 4) is 0 Å². The molecule has 0 bridgehead atoms. The molecule has 3 amide bonds.